The Bertz CT molecular complexity index is 1460. The molecule has 4 rings (SSSR count). The molecule has 3 unspecified atom stereocenters. The molecule has 1 aromatic heterocycles. The van der Waals surface area contributed by atoms with Crippen molar-refractivity contribution in [1.82, 2.24) is 4.73 Å². The standard InChI is InChI=1S/C36H46NO6PS/c1-5-41-44(39,42-6-2)32(35(3,40-4)34(38)43-37-27-19-18-26-33(37)45)25-17-9-7-8-12-24-31-28-36(31,29-20-13-10-14-21-29)30-22-15-11-16-23-30/h10-16,18-24,26-27,31-32H,5-9,17,25,28H2,1-4H3/b24-12+. The normalized spacial score (nSPS) is 17.9. The van der Waals surface area contributed by atoms with Crippen molar-refractivity contribution < 1.29 is 28.0 Å². The Kier molecular flexibility index (Phi) is 12.5. The summed E-state index contributed by atoms with van der Waals surface area (Å²) in [4.78, 5) is 19.2. The zero-order chi connectivity index (χ0) is 32.3. The summed E-state index contributed by atoms with van der Waals surface area (Å²) < 4.78 is 32.9. The van der Waals surface area contributed by atoms with E-state index in [9.17, 15) is 9.36 Å². The maximum atomic E-state index is 14.1. The molecule has 242 valence electrons. The van der Waals surface area contributed by atoms with E-state index in [0.717, 1.165) is 25.7 Å². The topological polar surface area (TPSA) is 76.0 Å². The van der Waals surface area contributed by atoms with Gasteiger partial charge in [-0.2, -0.15) is 4.73 Å². The van der Waals surface area contributed by atoms with Crippen molar-refractivity contribution in [2.75, 3.05) is 20.3 Å². The molecular formula is C36H46NO6PS. The van der Waals surface area contributed by atoms with Crippen LogP contribution >= 0.6 is 19.8 Å². The van der Waals surface area contributed by atoms with Crippen molar-refractivity contribution in [1.29, 1.82) is 0 Å². The van der Waals surface area contributed by atoms with Crippen molar-refractivity contribution >= 4 is 25.8 Å². The van der Waals surface area contributed by atoms with E-state index in [-0.39, 0.29) is 18.6 Å². The summed E-state index contributed by atoms with van der Waals surface area (Å²) in [5.74, 6) is -0.258. The molecule has 2 aromatic carbocycles. The average Bonchev–Trinajstić information content (AvgIpc) is 3.79. The van der Waals surface area contributed by atoms with Crippen LogP contribution < -0.4 is 4.84 Å². The van der Waals surface area contributed by atoms with Gasteiger partial charge in [0, 0.05) is 18.7 Å². The number of nitrogens with zero attached hydrogens (tertiary/aromatic N) is 1. The highest BCUT2D eigenvalue weighted by Gasteiger charge is 2.55. The van der Waals surface area contributed by atoms with Crippen LogP contribution in [0.5, 0.6) is 0 Å². The third kappa shape index (κ3) is 8.11. The maximum Gasteiger partial charge on any atom is 0.365 e. The van der Waals surface area contributed by atoms with E-state index in [0.29, 0.717) is 23.4 Å². The number of carbonyl (C=O) groups excluding carboxylic acids is 1. The first-order valence-electron chi connectivity index (χ1n) is 15.9. The molecule has 9 heteroatoms. The number of benzene rings is 2. The Balaban J connectivity index is 1.40. The summed E-state index contributed by atoms with van der Waals surface area (Å²) in [5.41, 5.74) is 0.280. The lowest BCUT2D eigenvalue weighted by Crippen LogP contribution is -2.52. The SMILES string of the molecule is CCOP(=O)(OCC)C(CCCCC/C=C/C1CC1(c1ccccc1)c1ccccc1)C(C)(OC)C(=O)On1ccccc1=S. The van der Waals surface area contributed by atoms with E-state index in [1.165, 1.54) is 23.0 Å². The molecule has 1 heterocycles. The lowest BCUT2D eigenvalue weighted by atomic mass is 9.85. The first kappa shape index (κ1) is 35.0. The minimum atomic E-state index is -3.75. The van der Waals surface area contributed by atoms with Gasteiger partial charge < -0.3 is 18.6 Å². The molecule has 3 atom stereocenters. The first-order valence-corrected chi connectivity index (χ1v) is 17.9. The molecule has 1 fully saturated rings. The quantitative estimate of drug-likeness (QED) is 0.0589. The summed E-state index contributed by atoms with van der Waals surface area (Å²) in [6.07, 6.45) is 11.2. The van der Waals surface area contributed by atoms with Gasteiger partial charge in [0.1, 0.15) is 10.3 Å². The fraction of sp³-hybridized carbons (Fsp3) is 0.444. The second-order valence-corrected chi connectivity index (χ2v) is 14.2. The van der Waals surface area contributed by atoms with Crippen LogP contribution in [0.3, 0.4) is 0 Å². The summed E-state index contributed by atoms with van der Waals surface area (Å²) in [7, 11) is -2.34. The average molecular weight is 652 g/mol. The number of unbranched alkanes of at least 4 members (excludes halogenated alkanes) is 3. The lowest BCUT2D eigenvalue weighted by molar-refractivity contribution is -0.169. The van der Waals surface area contributed by atoms with Gasteiger partial charge in [0.05, 0.1) is 13.2 Å². The number of hydrogen-bond donors (Lipinski definition) is 0. The zero-order valence-electron chi connectivity index (χ0n) is 26.8. The van der Waals surface area contributed by atoms with E-state index < -0.39 is 24.8 Å². The number of rotatable bonds is 18. The second-order valence-electron chi connectivity index (χ2n) is 11.5. The maximum absolute atomic E-state index is 14.1. The molecule has 1 aliphatic rings. The van der Waals surface area contributed by atoms with Crippen LogP contribution in [0.15, 0.2) is 97.2 Å². The number of pyridine rings is 1. The van der Waals surface area contributed by atoms with Gasteiger partial charge in [-0.15, -0.1) is 0 Å². The van der Waals surface area contributed by atoms with Gasteiger partial charge in [-0.1, -0.05) is 104 Å². The van der Waals surface area contributed by atoms with Gasteiger partial charge in [-0.05, 0) is 75.6 Å². The molecule has 1 saturated carbocycles. The largest absolute Gasteiger partial charge is 0.366 e. The molecule has 0 spiro atoms. The Labute approximate surface area is 273 Å². The number of aromatic nitrogens is 1. The molecule has 3 aromatic rings. The first-order chi connectivity index (χ1) is 21.7. The Morgan fingerprint density at radius 2 is 1.58 bits per heavy atom. The summed E-state index contributed by atoms with van der Waals surface area (Å²) in [5, 5.41) is 0. The molecule has 0 radical (unpaired) electrons. The molecule has 0 N–H and O–H groups in total. The van der Waals surface area contributed by atoms with E-state index in [4.69, 9.17) is 30.8 Å². The lowest BCUT2D eigenvalue weighted by Gasteiger charge is -2.37. The molecular weight excluding hydrogens is 605 g/mol. The minimum Gasteiger partial charge on any atom is -0.366 e. The summed E-state index contributed by atoms with van der Waals surface area (Å²) in [6, 6.07) is 26.7. The van der Waals surface area contributed by atoms with Crippen molar-refractivity contribution in [3.05, 3.63) is 113 Å². The van der Waals surface area contributed by atoms with Crippen molar-refractivity contribution in [2.24, 2.45) is 5.92 Å². The van der Waals surface area contributed by atoms with Crippen LogP contribution in [0.2, 0.25) is 0 Å². The van der Waals surface area contributed by atoms with Gasteiger partial charge in [0.2, 0.25) is 0 Å². The summed E-state index contributed by atoms with van der Waals surface area (Å²) >= 11 is 5.29. The molecule has 0 bridgehead atoms. The number of allylic oxidation sites excluding steroid dienone is 2. The number of carbonyl (C=O) groups is 1. The number of methoxy groups -OCH3 is 1. The van der Waals surface area contributed by atoms with Crippen LogP contribution in [-0.2, 0) is 28.6 Å². The van der Waals surface area contributed by atoms with Crippen LogP contribution in [0, 0.1) is 10.6 Å². The fourth-order valence-electron chi connectivity index (χ4n) is 6.19. The van der Waals surface area contributed by atoms with Gasteiger partial charge in [-0.3, -0.25) is 4.57 Å². The highest BCUT2D eigenvalue weighted by atomic mass is 32.1. The smallest absolute Gasteiger partial charge is 0.365 e. The van der Waals surface area contributed by atoms with E-state index in [1.54, 1.807) is 45.2 Å². The second kappa shape index (κ2) is 16.1. The predicted octanol–water partition coefficient (Wildman–Crippen LogP) is 8.73. The molecule has 45 heavy (non-hydrogen) atoms. The van der Waals surface area contributed by atoms with Crippen molar-refractivity contribution in [3.63, 3.8) is 0 Å². The third-order valence-electron chi connectivity index (χ3n) is 8.74. The molecule has 0 saturated heterocycles. The van der Waals surface area contributed by atoms with E-state index in [1.807, 2.05) is 0 Å². The Morgan fingerprint density at radius 3 is 2.13 bits per heavy atom. The molecule has 1 aliphatic carbocycles. The highest BCUT2D eigenvalue weighted by Crippen LogP contribution is 2.60. The van der Waals surface area contributed by atoms with Crippen LogP contribution in [0.25, 0.3) is 0 Å². The van der Waals surface area contributed by atoms with Crippen molar-refractivity contribution in [3.8, 4) is 0 Å². The monoisotopic (exact) mass is 651 g/mol. The number of hydrogen-bond acceptors (Lipinski definition) is 7. The Hall–Kier alpha value is -2.87. The zero-order valence-corrected chi connectivity index (χ0v) is 28.5. The predicted molar refractivity (Wildman–Crippen MR) is 181 cm³/mol. The van der Waals surface area contributed by atoms with Crippen molar-refractivity contribution in [2.45, 2.75) is 76.0 Å². The van der Waals surface area contributed by atoms with Gasteiger partial charge >= 0.3 is 13.6 Å². The van der Waals surface area contributed by atoms with Crippen LogP contribution in [0.4, 0.5) is 0 Å². The molecule has 0 aliphatic heterocycles. The number of ether oxygens (including phenoxy) is 1. The molecule has 0 amide bonds. The third-order valence-corrected chi connectivity index (χ3v) is 11.8. The highest BCUT2D eigenvalue weighted by molar-refractivity contribution is 7.71. The van der Waals surface area contributed by atoms with Gasteiger partial charge in [0.25, 0.3) is 0 Å². The fourth-order valence-corrected chi connectivity index (χ4v) is 8.84. The Morgan fingerprint density at radius 1 is 0.978 bits per heavy atom. The summed E-state index contributed by atoms with van der Waals surface area (Å²) in [6.45, 7) is 5.44. The minimum absolute atomic E-state index is 0.0369. The molecule has 7 nitrogen and oxygen atoms in total. The van der Waals surface area contributed by atoms with Gasteiger partial charge in [-0.25, -0.2) is 4.79 Å². The van der Waals surface area contributed by atoms with Crippen LogP contribution in [0.1, 0.15) is 70.4 Å². The van der Waals surface area contributed by atoms with E-state index >= 15 is 0 Å². The van der Waals surface area contributed by atoms with Gasteiger partial charge in [0.15, 0.2) is 5.60 Å². The van der Waals surface area contributed by atoms with E-state index in [2.05, 4.69) is 72.8 Å². The van der Waals surface area contributed by atoms with Crippen LogP contribution in [-0.4, -0.2) is 42.3 Å².